The van der Waals surface area contributed by atoms with E-state index in [2.05, 4.69) is 0 Å². The van der Waals surface area contributed by atoms with Crippen molar-refractivity contribution in [1.82, 2.24) is 4.90 Å². The smallest absolute Gasteiger partial charge is 0.251 e. The van der Waals surface area contributed by atoms with E-state index in [0.29, 0.717) is 30.2 Å². The fraction of sp³-hybridized carbons (Fsp3) is 0.345. The van der Waals surface area contributed by atoms with Gasteiger partial charge in [-0.3, -0.25) is 14.4 Å². The fourth-order valence-corrected chi connectivity index (χ4v) is 8.44. The van der Waals surface area contributed by atoms with E-state index in [1.807, 2.05) is 54.6 Å². The van der Waals surface area contributed by atoms with E-state index in [-0.39, 0.29) is 36.1 Å². The summed E-state index contributed by atoms with van der Waals surface area (Å²) < 4.78 is -0.889. The number of anilines is 2. The van der Waals surface area contributed by atoms with Gasteiger partial charge in [0.2, 0.25) is 11.8 Å². The number of rotatable bonds is 5. The van der Waals surface area contributed by atoms with Gasteiger partial charge >= 0.3 is 0 Å². The molecule has 0 bridgehead atoms. The van der Waals surface area contributed by atoms with Crippen molar-refractivity contribution >= 4 is 52.5 Å². The lowest BCUT2D eigenvalue weighted by molar-refractivity contribution is -0.138. The van der Waals surface area contributed by atoms with Gasteiger partial charge in [-0.05, 0) is 42.8 Å². The molecule has 9 heteroatoms. The highest BCUT2D eigenvalue weighted by Crippen LogP contribution is 2.61. The molecule has 0 aliphatic carbocycles. The molecule has 0 radical (unpaired) electrons. The number of benzene rings is 2. The van der Waals surface area contributed by atoms with Crippen molar-refractivity contribution < 1.29 is 19.5 Å². The van der Waals surface area contributed by atoms with Gasteiger partial charge < -0.3 is 19.8 Å². The van der Waals surface area contributed by atoms with Crippen LogP contribution in [0.1, 0.15) is 6.42 Å². The van der Waals surface area contributed by atoms with Gasteiger partial charge in [0, 0.05) is 47.9 Å². The second-order valence-electron chi connectivity index (χ2n) is 9.99. The molecule has 0 saturated carbocycles. The number of likely N-dealkylation sites (tertiary alicyclic amines) is 1. The first-order chi connectivity index (χ1) is 18.5. The van der Waals surface area contributed by atoms with Crippen LogP contribution < -0.4 is 9.80 Å². The third kappa shape index (κ3) is 3.89. The second-order valence-corrected chi connectivity index (χ2v) is 11.9. The zero-order chi connectivity index (χ0) is 26.4. The maximum atomic E-state index is 14.3. The average Bonchev–Trinajstić information content (AvgIpc) is 3.23. The molecule has 2 aromatic carbocycles. The zero-order valence-corrected chi connectivity index (χ0v) is 22.2. The van der Waals surface area contributed by atoms with E-state index in [9.17, 15) is 19.5 Å². The van der Waals surface area contributed by atoms with Gasteiger partial charge in [-0.25, -0.2) is 0 Å². The Bertz CT molecular complexity index is 1320. The lowest BCUT2D eigenvalue weighted by atomic mass is 9.78. The summed E-state index contributed by atoms with van der Waals surface area (Å²) in [4.78, 5) is 47.6. The normalized spacial score (nSPS) is 30.3. The Labute approximate surface area is 230 Å². The van der Waals surface area contributed by atoms with Gasteiger partial charge in [-0.1, -0.05) is 54.1 Å². The van der Waals surface area contributed by atoms with Crippen LogP contribution in [0.3, 0.4) is 0 Å². The van der Waals surface area contributed by atoms with Crippen LogP contribution in [-0.4, -0.2) is 70.0 Å². The number of para-hydroxylation sites is 1. The van der Waals surface area contributed by atoms with E-state index in [0.717, 1.165) is 5.69 Å². The number of hydrogen-bond donors (Lipinski definition) is 1. The van der Waals surface area contributed by atoms with Gasteiger partial charge in [0.25, 0.3) is 5.91 Å². The third-order valence-electron chi connectivity index (χ3n) is 7.92. The number of aliphatic hydroxyl groups excluding tert-OH is 1. The summed E-state index contributed by atoms with van der Waals surface area (Å²) in [5.74, 6) is -1.78. The van der Waals surface area contributed by atoms with Crippen molar-refractivity contribution in [2.24, 2.45) is 11.8 Å². The molecule has 3 amide bonds. The van der Waals surface area contributed by atoms with Crippen molar-refractivity contribution in [3.05, 3.63) is 83.9 Å². The van der Waals surface area contributed by atoms with Crippen LogP contribution in [0.4, 0.5) is 11.4 Å². The van der Waals surface area contributed by atoms with Crippen molar-refractivity contribution in [1.29, 1.82) is 0 Å². The average molecular weight is 550 g/mol. The minimum absolute atomic E-state index is 0.0955. The number of amides is 3. The molecule has 38 heavy (non-hydrogen) atoms. The number of fused-ring (bicyclic) bond motifs is 2. The highest BCUT2D eigenvalue weighted by atomic mass is 35.5. The number of carbonyl (C=O) groups excluding carboxylic acids is 3. The maximum Gasteiger partial charge on any atom is 0.251 e. The van der Waals surface area contributed by atoms with E-state index in [4.69, 9.17) is 11.6 Å². The molecular formula is C29H28ClN3O4S. The summed E-state index contributed by atoms with van der Waals surface area (Å²) in [6, 6.07) is 15.8. The van der Waals surface area contributed by atoms with Crippen LogP contribution >= 0.6 is 23.4 Å². The van der Waals surface area contributed by atoms with Gasteiger partial charge in [-0.15, -0.1) is 11.8 Å². The molecule has 1 unspecified atom stereocenters. The Kier molecular flexibility index (Phi) is 6.58. The van der Waals surface area contributed by atoms with E-state index in [1.54, 1.807) is 50.7 Å². The Balaban J connectivity index is 1.43. The number of aliphatic hydroxyl groups is 1. The summed E-state index contributed by atoms with van der Waals surface area (Å²) in [6.07, 6.45) is 8.33. The first-order valence-electron chi connectivity index (χ1n) is 12.8. The Hall–Kier alpha value is -3.07. The lowest BCUT2D eigenvalue weighted by Gasteiger charge is -2.35. The van der Waals surface area contributed by atoms with E-state index >= 15 is 0 Å². The Morgan fingerprint density at radius 2 is 1.58 bits per heavy atom. The van der Waals surface area contributed by atoms with E-state index in [1.165, 1.54) is 0 Å². The fourth-order valence-electron chi connectivity index (χ4n) is 6.31. The molecule has 4 heterocycles. The molecule has 6 rings (SSSR count). The van der Waals surface area contributed by atoms with Crippen molar-refractivity contribution in [2.45, 2.75) is 22.5 Å². The molecule has 1 N–H and O–H groups in total. The molecule has 2 saturated heterocycles. The third-order valence-corrected chi connectivity index (χ3v) is 9.92. The van der Waals surface area contributed by atoms with Gasteiger partial charge in [0.15, 0.2) is 0 Å². The van der Waals surface area contributed by atoms with E-state index < -0.39 is 22.6 Å². The highest BCUT2D eigenvalue weighted by molar-refractivity contribution is 8.02. The molecule has 1 spiro atoms. The minimum Gasteiger partial charge on any atom is -0.396 e. The van der Waals surface area contributed by atoms with Gasteiger partial charge in [0.05, 0.1) is 16.6 Å². The largest absolute Gasteiger partial charge is 0.396 e. The lowest BCUT2D eigenvalue weighted by Crippen LogP contribution is -2.53. The summed E-state index contributed by atoms with van der Waals surface area (Å²) >= 11 is 7.65. The number of carbonyl (C=O) groups is 3. The predicted octanol–water partition coefficient (Wildman–Crippen LogP) is 3.53. The predicted molar refractivity (Wildman–Crippen MR) is 149 cm³/mol. The summed E-state index contributed by atoms with van der Waals surface area (Å²) in [7, 11) is 0. The van der Waals surface area contributed by atoms with Gasteiger partial charge in [0.1, 0.15) is 6.04 Å². The monoisotopic (exact) mass is 549 g/mol. The number of hydrogen-bond acceptors (Lipinski definition) is 5. The maximum absolute atomic E-state index is 14.3. The molecule has 2 fully saturated rings. The summed E-state index contributed by atoms with van der Waals surface area (Å²) in [5.41, 5.74) is 1.48. The molecule has 4 aliphatic heterocycles. The molecular weight excluding hydrogens is 522 g/mol. The van der Waals surface area contributed by atoms with Gasteiger partial charge in [-0.2, -0.15) is 0 Å². The SMILES string of the molecule is O=C1C2N(CCCO)C(=O)[C@@H]3[C@@H]4C(=O)N(c5ccccc5)CC=C[C@@H]4S[C@]23C=CCN1c1ccc(Cl)cc1. The summed E-state index contributed by atoms with van der Waals surface area (Å²) in [5, 5.41) is 9.92. The number of thioether (sulfide) groups is 1. The molecule has 4 aliphatic rings. The molecule has 0 aromatic heterocycles. The number of halogens is 1. The number of nitrogens with zero attached hydrogens (tertiary/aromatic N) is 3. The first-order valence-corrected chi connectivity index (χ1v) is 14.1. The van der Waals surface area contributed by atoms with Crippen LogP contribution in [-0.2, 0) is 14.4 Å². The van der Waals surface area contributed by atoms with Crippen LogP contribution in [0.25, 0.3) is 0 Å². The van der Waals surface area contributed by atoms with Crippen LogP contribution in [0.5, 0.6) is 0 Å². The van der Waals surface area contributed by atoms with Crippen molar-refractivity contribution in [3.63, 3.8) is 0 Å². The molecule has 2 aromatic rings. The van der Waals surface area contributed by atoms with Crippen molar-refractivity contribution in [3.8, 4) is 0 Å². The molecule has 7 nitrogen and oxygen atoms in total. The first kappa shape index (κ1) is 25.2. The second kappa shape index (κ2) is 9.91. The summed E-state index contributed by atoms with van der Waals surface area (Å²) in [6.45, 7) is 0.933. The zero-order valence-electron chi connectivity index (χ0n) is 20.7. The molecule has 5 atom stereocenters. The Morgan fingerprint density at radius 3 is 2.32 bits per heavy atom. The minimum atomic E-state index is -0.889. The van der Waals surface area contributed by atoms with Crippen LogP contribution in [0.2, 0.25) is 5.02 Å². The van der Waals surface area contributed by atoms with Crippen LogP contribution in [0, 0.1) is 11.8 Å². The quantitative estimate of drug-likeness (QED) is 0.577. The highest BCUT2D eigenvalue weighted by Gasteiger charge is 2.71. The topological polar surface area (TPSA) is 81.2 Å². The standard InChI is InChI=1S/C29H28ClN3O4S/c30-19-10-12-21(13-11-19)32-16-5-14-29-24(27(36)33(17-6-18-34)25(29)28(32)37)23-22(38-29)9-4-15-31(26(23)35)20-7-2-1-3-8-20/h1-5,7-14,22-25,34H,6,15-18H2/t22-,23+,24-,25?,29-/m0/s1. The van der Waals surface area contributed by atoms with Crippen LogP contribution in [0.15, 0.2) is 78.9 Å². The Morgan fingerprint density at radius 1 is 0.895 bits per heavy atom. The van der Waals surface area contributed by atoms with Crippen molar-refractivity contribution in [2.75, 3.05) is 36.0 Å². The molecule has 196 valence electrons.